The van der Waals surface area contributed by atoms with Crippen molar-refractivity contribution in [3.05, 3.63) is 75.8 Å². The molecule has 3 aromatic rings. The van der Waals surface area contributed by atoms with Crippen molar-refractivity contribution in [2.24, 2.45) is 0 Å². The van der Waals surface area contributed by atoms with Crippen LogP contribution in [0.4, 0.5) is 0 Å². The zero-order chi connectivity index (χ0) is 24.3. The first-order valence-corrected chi connectivity index (χ1v) is 12.8. The molecule has 0 aliphatic rings. The maximum Gasteiger partial charge on any atom is 0.480 e. The third-order valence-electron chi connectivity index (χ3n) is 6.63. The van der Waals surface area contributed by atoms with Gasteiger partial charge >= 0.3 is 7.41 Å². The van der Waals surface area contributed by atoms with Crippen molar-refractivity contribution in [3.63, 3.8) is 0 Å². The van der Waals surface area contributed by atoms with Gasteiger partial charge in [0.15, 0.2) is 5.72 Å². The first-order chi connectivity index (χ1) is 15.7. The molecule has 0 bridgehead atoms. The molecule has 0 fully saturated rings. The molecular weight excluding hydrogens is 421 g/mol. The Bertz CT molecular complexity index is 1050. The maximum atomic E-state index is 5.01. The van der Waals surface area contributed by atoms with Gasteiger partial charge in [-0.25, -0.2) is 9.13 Å². The van der Waals surface area contributed by atoms with E-state index in [4.69, 9.17) is 12.6 Å². The molecule has 0 atom stereocenters. The smallest absolute Gasteiger partial charge is 0.480 e. The number of imidazole rings is 1. The van der Waals surface area contributed by atoms with Crippen molar-refractivity contribution in [2.45, 2.75) is 79.1 Å². The lowest BCUT2D eigenvalue weighted by molar-refractivity contribution is -0.576. The number of rotatable bonds is 7. The first-order valence-electron chi connectivity index (χ1n) is 12.4. The van der Waals surface area contributed by atoms with Gasteiger partial charge in [-0.1, -0.05) is 91.8 Å². The number of hydrogen-bond acceptors (Lipinski definition) is 1. The standard InChI is InChI=1S/C28H38BN3S/c1-18(2)22-11-9-12-23(19(3)4)26(22)31-15-16-32(28(31)29-30-17-33)27-24(20(5)6)13-10-14-25(27)21(7)8/h9-16,18-21H,29H2,1-8H3. The molecule has 2 aromatic carbocycles. The highest BCUT2D eigenvalue weighted by Gasteiger charge is 2.29. The Morgan fingerprint density at radius 2 is 1.24 bits per heavy atom. The average Bonchev–Trinajstić information content (AvgIpc) is 3.19. The Hall–Kier alpha value is -2.58. The molecule has 0 amide bonds. The van der Waals surface area contributed by atoms with Gasteiger partial charge in [-0.3, -0.25) is 0 Å². The number of aromatic nitrogens is 2. The van der Waals surface area contributed by atoms with Crippen LogP contribution in [0.5, 0.6) is 0 Å². The molecule has 3 nitrogen and oxygen atoms in total. The third-order valence-corrected chi connectivity index (χ3v) is 6.81. The maximum absolute atomic E-state index is 5.01. The summed E-state index contributed by atoms with van der Waals surface area (Å²) in [5.41, 5.74) is 9.28. The summed E-state index contributed by atoms with van der Waals surface area (Å²) in [4.78, 5) is 0. The van der Waals surface area contributed by atoms with Crippen LogP contribution in [0.2, 0.25) is 0 Å². The average molecular weight is 460 g/mol. The molecule has 0 radical (unpaired) electrons. The highest BCUT2D eigenvalue weighted by molar-refractivity contribution is 7.64. The lowest BCUT2D eigenvalue weighted by atomic mass is 9.88. The van der Waals surface area contributed by atoms with E-state index in [0.717, 1.165) is 0 Å². The van der Waals surface area contributed by atoms with Gasteiger partial charge in [0, 0.05) is 22.3 Å². The molecule has 1 aromatic heterocycles. The predicted octanol–water partition coefficient (Wildman–Crippen LogP) is 5.79. The second-order valence-corrected chi connectivity index (χ2v) is 10.5. The fourth-order valence-electron chi connectivity index (χ4n) is 4.88. The number of hydrogen-bond donors (Lipinski definition) is 0. The molecule has 0 saturated carbocycles. The highest BCUT2D eigenvalue weighted by Crippen LogP contribution is 2.31. The molecule has 3 rings (SSSR count). The fraction of sp³-hybridized carbons (Fsp3) is 0.429. The van der Waals surface area contributed by atoms with Crippen molar-refractivity contribution in [3.8, 4) is 16.8 Å². The third kappa shape index (κ3) is 5.02. The molecule has 0 saturated heterocycles. The van der Waals surface area contributed by atoms with Gasteiger partial charge in [0.1, 0.15) is 23.8 Å². The van der Waals surface area contributed by atoms with Crippen molar-refractivity contribution in [2.75, 3.05) is 0 Å². The Kier molecular flexibility index (Phi) is 8.03. The highest BCUT2D eigenvalue weighted by atomic mass is 32.1. The van der Waals surface area contributed by atoms with Gasteiger partial charge < -0.3 is 17.4 Å². The predicted molar refractivity (Wildman–Crippen MR) is 146 cm³/mol. The summed E-state index contributed by atoms with van der Waals surface area (Å²) in [5.74, 6) is 1.69. The lowest BCUT2D eigenvalue weighted by Gasteiger charge is -2.20. The summed E-state index contributed by atoms with van der Waals surface area (Å²) in [6.45, 7) is 18.2. The second-order valence-electron chi connectivity index (χ2n) is 10.3. The summed E-state index contributed by atoms with van der Waals surface area (Å²) in [5, 5.41) is 2.65. The van der Waals surface area contributed by atoms with Crippen LogP contribution >= 0.6 is 0 Å². The van der Waals surface area contributed by atoms with Crippen LogP contribution in [0.1, 0.15) is 101 Å². The lowest BCUT2D eigenvalue weighted by Crippen LogP contribution is -2.52. The van der Waals surface area contributed by atoms with Crippen LogP contribution in [0.3, 0.4) is 0 Å². The molecule has 33 heavy (non-hydrogen) atoms. The molecule has 5 heteroatoms. The second kappa shape index (κ2) is 10.6. The van der Waals surface area contributed by atoms with Gasteiger partial charge in [0.25, 0.3) is 0 Å². The van der Waals surface area contributed by atoms with Crippen LogP contribution < -0.4 is 10.3 Å². The molecule has 0 unspecified atom stereocenters. The normalized spacial score (nSPS) is 11.5. The zero-order valence-electron chi connectivity index (χ0n) is 21.7. The topological polar surface area (TPSA) is 13.2 Å². The van der Waals surface area contributed by atoms with Crippen molar-refractivity contribution in [1.82, 2.24) is 4.57 Å². The minimum atomic E-state index is -0.889. The van der Waals surface area contributed by atoms with Crippen LogP contribution in [0.25, 0.3) is 16.1 Å². The Balaban J connectivity index is 2.42. The summed E-state index contributed by atoms with van der Waals surface area (Å²) in [6, 6.07) is 13.5. The quantitative estimate of drug-likeness (QED) is 0.189. The van der Waals surface area contributed by atoms with Crippen molar-refractivity contribution in [1.29, 1.82) is 0 Å². The van der Waals surface area contributed by atoms with Crippen LogP contribution in [-0.4, -0.2) is 12.0 Å². The summed E-state index contributed by atoms with van der Waals surface area (Å²) < 4.78 is 9.31. The largest absolute Gasteiger partial charge is 0.650 e. The Morgan fingerprint density at radius 3 is 1.67 bits per heavy atom. The SMILES string of the molecule is CC(C)c1cccc(C(C)C)c1-n1cc[n+](-c2c(C(C)C)cccc2C(C)C)c1[BH2-][N+]#C[S-]. The van der Waals surface area contributed by atoms with E-state index in [1.54, 1.807) is 0 Å². The van der Waals surface area contributed by atoms with Crippen molar-refractivity contribution >= 4 is 25.8 Å². The molecule has 0 N–H and O–H groups in total. The van der Waals surface area contributed by atoms with Gasteiger partial charge in [-0.2, -0.15) is 0 Å². The molecule has 0 aliphatic carbocycles. The van der Waals surface area contributed by atoms with Gasteiger partial charge in [-0.05, 0) is 23.7 Å². The molecular formula is C28H38BN3S. The monoisotopic (exact) mass is 459 g/mol. The van der Waals surface area contributed by atoms with E-state index in [2.05, 4.69) is 123 Å². The van der Waals surface area contributed by atoms with E-state index in [9.17, 15) is 0 Å². The molecule has 174 valence electrons. The van der Waals surface area contributed by atoms with Crippen LogP contribution in [-0.2, 0) is 12.6 Å². The van der Waals surface area contributed by atoms with Crippen molar-refractivity contribution < 1.29 is 4.57 Å². The van der Waals surface area contributed by atoms with E-state index in [1.807, 2.05) is 0 Å². The number of para-hydroxylation sites is 2. The van der Waals surface area contributed by atoms with E-state index in [0.29, 0.717) is 23.7 Å². The van der Waals surface area contributed by atoms with E-state index >= 15 is 0 Å². The summed E-state index contributed by atoms with van der Waals surface area (Å²) in [7, 11) is -0.889. The number of benzene rings is 2. The molecule has 0 aliphatic heterocycles. The Morgan fingerprint density at radius 1 is 0.788 bits per heavy atom. The first kappa shape index (κ1) is 25.1. The zero-order valence-corrected chi connectivity index (χ0v) is 22.5. The van der Waals surface area contributed by atoms with E-state index < -0.39 is 7.41 Å². The van der Waals surface area contributed by atoms with Gasteiger partial charge in [0.2, 0.25) is 0 Å². The van der Waals surface area contributed by atoms with Crippen LogP contribution in [0, 0.1) is 5.40 Å². The number of nitrogens with zero attached hydrogens (tertiary/aromatic N) is 3. The van der Waals surface area contributed by atoms with E-state index in [-0.39, 0.29) is 0 Å². The molecule has 0 spiro atoms. The van der Waals surface area contributed by atoms with Gasteiger partial charge in [0.05, 0.1) is 5.40 Å². The minimum absolute atomic E-state index is 0.422. The molecule has 1 heterocycles. The Labute approximate surface area is 206 Å². The van der Waals surface area contributed by atoms with Crippen LogP contribution in [0.15, 0.2) is 48.8 Å². The van der Waals surface area contributed by atoms with Gasteiger partial charge in [-0.15, -0.1) is 0 Å². The summed E-state index contributed by atoms with van der Waals surface area (Å²) >= 11 is 5.01. The number of thiocyanates is 1. The summed E-state index contributed by atoms with van der Waals surface area (Å²) in [6.07, 6.45) is 4.46. The van der Waals surface area contributed by atoms with E-state index in [1.165, 1.54) is 39.4 Å². The fourth-order valence-corrected chi connectivity index (χ4v) is 4.97. The minimum Gasteiger partial charge on any atom is -0.650 e.